The average Bonchev–Trinajstić information content (AvgIpc) is 2.05. The molecule has 0 aromatic heterocycles. The van der Waals surface area contributed by atoms with Gasteiger partial charge in [-0.05, 0) is 19.9 Å². The number of hydrogen-bond acceptors (Lipinski definition) is 4. The lowest BCUT2D eigenvalue weighted by Gasteiger charge is -2.28. The Kier molecular flexibility index (Phi) is 3.48. The SMILES string of the molecule is CN(SN)C1CCOCC1. The van der Waals surface area contributed by atoms with Gasteiger partial charge in [0.05, 0.1) is 0 Å². The molecular weight excluding hydrogens is 148 g/mol. The molecule has 1 saturated heterocycles. The van der Waals surface area contributed by atoms with Crippen LogP contribution in [-0.4, -0.2) is 30.6 Å². The first-order valence-corrected chi connectivity index (χ1v) is 4.35. The van der Waals surface area contributed by atoms with Crippen molar-refractivity contribution in [1.82, 2.24) is 4.31 Å². The highest BCUT2D eigenvalue weighted by molar-refractivity contribution is 7.94. The minimum absolute atomic E-state index is 0.615. The lowest BCUT2D eigenvalue weighted by atomic mass is 10.1. The van der Waals surface area contributed by atoms with Gasteiger partial charge in [-0.15, -0.1) is 0 Å². The number of hydrogen-bond donors (Lipinski definition) is 1. The van der Waals surface area contributed by atoms with Crippen molar-refractivity contribution < 1.29 is 4.74 Å². The molecule has 2 N–H and O–H groups in total. The van der Waals surface area contributed by atoms with Gasteiger partial charge in [0.15, 0.2) is 0 Å². The summed E-state index contributed by atoms with van der Waals surface area (Å²) in [7, 11) is 2.03. The molecule has 0 unspecified atom stereocenters. The molecule has 0 aromatic rings. The first-order chi connectivity index (χ1) is 4.84. The topological polar surface area (TPSA) is 38.5 Å². The Balaban J connectivity index is 2.24. The van der Waals surface area contributed by atoms with Gasteiger partial charge in [-0.2, -0.15) is 0 Å². The molecule has 0 spiro atoms. The molecular formula is C6H14N2OS. The van der Waals surface area contributed by atoms with Gasteiger partial charge >= 0.3 is 0 Å². The molecule has 1 aliphatic rings. The molecule has 1 heterocycles. The zero-order valence-corrected chi connectivity index (χ0v) is 7.06. The zero-order valence-electron chi connectivity index (χ0n) is 6.25. The van der Waals surface area contributed by atoms with Crippen molar-refractivity contribution in [1.29, 1.82) is 0 Å². The first kappa shape index (κ1) is 8.33. The van der Waals surface area contributed by atoms with E-state index in [2.05, 4.69) is 4.31 Å². The van der Waals surface area contributed by atoms with E-state index in [-0.39, 0.29) is 0 Å². The summed E-state index contributed by atoms with van der Waals surface area (Å²) in [6.45, 7) is 1.77. The Morgan fingerprint density at radius 2 is 2.10 bits per heavy atom. The van der Waals surface area contributed by atoms with Crippen molar-refractivity contribution in [2.24, 2.45) is 5.14 Å². The summed E-state index contributed by atoms with van der Waals surface area (Å²) in [5.41, 5.74) is 0. The van der Waals surface area contributed by atoms with E-state index >= 15 is 0 Å². The van der Waals surface area contributed by atoms with E-state index in [4.69, 9.17) is 9.88 Å². The van der Waals surface area contributed by atoms with Crippen LogP contribution in [0.3, 0.4) is 0 Å². The van der Waals surface area contributed by atoms with Crippen LogP contribution in [0, 0.1) is 0 Å². The van der Waals surface area contributed by atoms with E-state index in [9.17, 15) is 0 Å². The van der Waals surface area contributed by atoms with Crippen molar-refractivity contribution >= 4 is 12.1 Å². The minimum Gasteiger partial charge on any atom is -0.381 e. The van der Waals surface area contributed by atoms with Gasteiger partial charge in [0, 0.05) is 31.4 Å². The van der Waals surface area contributed by atoms with Crippen molar-refractivity contribution in [3.8, 4) is 0 Å². The zero-order chi connectivity index (χ0) is 7.40. The molecule has 0 saturated carbocycles. The van der Waals surface area contributed by atoms with Crippen LogP contribution < -0.4 is 5.14 Å². The average molecular weight is 162 g/mol. The second-order valence-electron chi connectivity index (χ2n) is 2.50. The van der Waals surface area contributed by atoms with E-state index < -0.39 is 0 Å². The Morgan fingerprint density at radius 1 is 1.50 bits per heavy atom. The summed E-state index contributed by atoms with van der Waals surface area (Å²) in [6.07, 6.45) is 2.22. The van der Waals surface area contributed by atoms with Crippen molar-refractivity contribution in [2.45, 2.75) is 18.9 Å². The monoisotopic (exact) mass is 162 g/mol. The molecule has 0 radical (unpaired) electrons. The third kappa shape index (κ3) is 2.12. The summed E-state index contributed by atoms with van der Waals surface area (Å²) >= 11 is 1.31. The Morgan fingerprint density at radius 3 is 2.60 bits per heavy atom. The van der Waals surface area contributed by atoms with Crippen molar-refractivity contribution in [3.05, 3.63) is 0 Å². The fraction of sp³-hybridized carbons (Fsp3) is 1.00. The van der Waals surface area contributed by atoms with Gasteiger partial charge in [0.2, 0.25) is 0 Å². The molecule has 0 aromatic carbocycles. The molecule has 0 bridgehead atoms. The third-order valence-electron chi connectivity index (χ3n) is 1.87. The normalized spacial score (nSPS) is 21.9. The van der Waals surface area contributed by atoms with Gasteiger partial charge in [-0.1, -0.05) is 0 Å². The van der Waals surface area contributed by atoms with Crippen LogP contribution in [0.15, 0.2) is 0 Å². The maximum absolute atomic E-state index is 5.40. The highest BCUT2D eigenvalue weighted by Crippen LogP contribution is 2.15. The van der Waals surface area contributed by atoms with Crippen molar-refractivity contribution in [3.63, 3.8) is 0 Å². The highest BCUT2D eigenvalue weighted by Gasteiger charge is 2.17. The molecule has 0 aliphatic carbocycles. The molecule has 1 aliphatic heterocycles. The summed E-state index contributed by atoms with van der Waals surface area (Å²) in [5, 5.41) is 5.40. The molecule has 4 heteroatoms. The maximum atomic E-state index is 5.40. The summed E-state index contributed by atoms with van der Waals surface area (Å²) in [5.74, 6) is 0. The smallest absolute Gasteiger partial charge is 0.0481 e. The number of ether oxygens (including phenoxy) is 1. The quantitative estimate of drug-likeness (QED) is 0.604. The van der Waals surface area contributed by atoms with Gasteiger partial charge in [-0.25, -0.2) is 4.31 Å². The summed E-state index contributed by atoms with van der Waals surface area (Å²) < 4.78 is 7.32. The fourth-order valence-electron chi connectivity index (χ4n) is 1.13. The lowest BCUT2D eigenvalue weighted by Crippen LogP contribution is -2.33. The molecule has 1 rings (SSSR count). The predicted molar refractivity (Wildman–Crippen MR) is 43.4 cm³/mol. The highest BCUT2D eigenvalue weighted by atomic mass is 32.2. The van der Waals surface area contributed by atoms with Crippen LogP contribution in [0.25, 0.3) is 0 Å². The largest absolute Gasteiger partial charge is 0.381 e. The standard InChI is InChI=1S/C6H14N2OS/c1-8(10-7)6-2-4-9-5-3-6/h6H,2-5,7H2,1H3. The van der Waals surface area contributed by atoms with E-state index in [0.717, 1.165) is 26.1 Å². The number of nitrogens with zero attached hydrogens (tertiary/aromatic N) is 1. The van der Waals surface area contributed by atoms with Crippen LogP contribution in [0.2, 0.25) is 0 Å². The molecule has 3 nitrogen and oxygen atoms in total. The third-order valence-corrected chi connectivity index (χ3v) is 2.50. The first-order valence-electron chi connectivity index (χ1n) is 3.52. The fourth-order valence-corrected chi connectivity index (χ4v) is 1.52. The minimum atomic E-state index is 0.615. The van der Waals surface area contributed by atoms with Crippen LogP contribution >= 0.6 is 12.1 Å². The van der Waals surface area contributed by atoms with Crippen LogP contribution in [-0.2, 0) is 4.74 Å². The molecule has 0 atom stereocenters. The van der Waals surface area contributed by atoms with Crippen molar-refractivity contribution in [2.75, 3.05) is 20.3 Å². The Labute approximate surface area is 66.2 Å². The second-order valence-corrected chi connectivity index (χ2v) is 3.28. The van der Waals surface area contributed by atoms with Crippen LogP contribution in [0.1, 0.15) is 12.8 Å². The molecule has 60 valence electrons. The van der Waals surface area contributed by atoms with Gasteiger partial charge < -0.3 is 4.74 Å². The molecule has 10 heavy (non-hydrogen) atoms. The van der Waals surface area contributed by atoms with E-state index in [1.54, 1.807) is 0 Å². The maximum Gasteiger partial charge on any atom is 0.0481 e. The van der Waals surface area contributed by atoms with E-state index in [1.807, 2.05) is 7.05 Å². The van der Waals surface area contributed by atoms with Crippen LogP contribution in [0.5, 0.6) is 0 Å². The Hall–Kier alpha value is 0.230. The van der Waals surface area contributed by atoms with Gasteiger partial charge in [-0.3, -0.25) is 5.14 Å². The summed E-state index contributed by atoms with van der Waals surface area (Å²) in [4.78, 5) is 0. The lowest BCUT2D eigenvalue weighted by molar-refractivity contribution is 0.0653. The molecule has 1 fully saturated rings. The number of nitrogens with two attached hydrogens (primary N) is 1. The van der Waals surface area contributed by atoms with Gasteiger partial charge in [0.25, 0.3) is 0 Å². The predicted octanol–water partition coefficient (Wildman–Crippen LogP) is 0.619. The van der Waals surface area contributed by atoms with E-state index in [0.29, 0.717) is 6.04 Å². The number of rotatable bonds is 2. The van der Waals surface area contributed by atoms with Crippen LogP contribution in [0.4, 0.5) is 0 Å². The molecule has 0 amide bonds. The van der Waals surface area contributed by atoms with E-state index in [1.165, 1.54) is 12.1 Å². The van der Waals surface area contributed by atoms with Gasteiger partial charge in [0.1, 0.15) is 0 Å². The second kappa shape index (κ2) is 4.18. The summed E-state index contributed by atoms with van der Waals surface area (Å²) in [6, 6.07) is 0.615. The Bertz CT molecular complexity index is 95.7.